The van der Waals surface area contributed by atoms with E-state index < -0.39 is 0 Å². The van der Waals surface area contributed by atoms with Gasteiger partial charge in [-0.2, -0.15) is 4.98 Å². The van der Waals surface area contributed by atoms with Crippen molar-refractivity contribution < 1.29 is 4.52 Å². The smallest absolute Gasteiger partial charge is 0.240 e. The quantitative estimate of drug-likeness (QED) is 0.779. The molecule has 0 bridgehead atoms. The first-order valence-electron chi connectivity index (χ1n) is 7.00. The summed E-state index contributed by atoms with van der Waals surface area (Å²) in [6, 6.07) is 0. The van der Waals surface area contributed by atoms with E-state index in [0.29, 0.717) is 0 Å². The van der Waals surface area contributed by atoms with Gasteiger partial charge in [-0.05, 0) is 51.7 Å². The second-order valence-corrected chi connectivity index (χ2v) is 5.18. The molecule has 0 spiro atoms. The van der Waals surface area contributed by atoms with Gasteiger partial charge in [-0.1, -0.05) is 12.1 Å². The van der Waals surface area contributed by atoms with Gasteiger partial charge >= 0.3 is 0 Å². The Hall–Kier alpha value is -0.940. The molecule has 1 unspecified atom stereocenters. The van der Waals surface area contributed by atoms with E-state index in [4.69, 9.17) is 4.52 Å². The zero-order valence-electron chi connectivity index (χ0n) is 11.5. The van der Waals surface area contributed by atoms with Crippen molar-refractivity contribution in [2.24, 2.45) is 5.92 Å². The van der Waals surface area contributed by atoms with Gasteiger partial charge in [0.2, 0.25) is 5.89 Å². The first-order valence-corrected chi connectivity index (χ1v) is 7.00. The molecule has 18 heavy (non-hydrogen) atoms. The molecule has 0 aromatic carbocycles. The van der Waals surface area contributed by atoms with Gasteiger partial charge in [-0.25, -0.2) is 0 Å². The highest BCUT2D eigenvalue weighted by molar-refractivity contribution is 4.84. The van der Waals surface area contributed by atoms with Crippen LogP contribution in [-0.4, -0.2) is 41.2 Å². The average Bonchev–Trinajstić information content (AvgIpc) is 2.76. The fourth-order valence-corrected chi connectivity index (χ4v) is 2.54. The van der Waals surface area contributed by atoms with Gasteiger partial charge < -0.3 is 9.84 Å². The predicted octanol–water partition coefficient (Wildman–Crippen LogP) is 1.59. The first-order chi connectivity index (χ1) is 8.78. The van der Waals surface area contributed by atoms with Gasteiger partial charge in [-0.3, -0.25) is 4.90 Å². The molecule has 1 saturated heterocycles. The molecule has 1 N–H and O–H groups in total. The van der Waals surface area contributed by atoms with E-state index >= 15 is 0 Å². The Morgan fingerprint density at radius 2 is 2.39 bits per heavy atom. The third-order valence-electron chi connectivity index (χ3n) is 3.39. The predicted molar refractivity (Wildman–Crippen MR) is 70.2 cm³/mol. The number of hydrogen-bond acceptors (Lipinski definition) is 5. The molecule has 1 aromatic rings. The van der Waals surface area contributed by atoms with E-state index in [-0.39, 0.29) is 0 Å². The van der Waals surface area contributed by atoms with Crippen molar-refractivity contribution in [2.45, 2.75) is 39.7 Å². The molecule has 0 amide bonds. The van der Waals surface area contributed by atoms with Crippen LogP contribution in [0.4, 0.5) is 0 Å². The number of piperidine rings is 1. The molecule has 1 fully saturated rings. The molecule has 1 aromatic heterocycles. The first kappa shape index (κ1) is 13.5. The molecule has 0 radical (unpaired) electrons. The summed E-state index contributed by atoms with van der Waals surface area (Å²) >= 11 is 0. The Labute approximate surface area is 109 Å². The summed E-state index contributed by atoms with van der Waals surface area (Å²) in [4.78, 5) is 6.70. The standard InChI is InChI=1S/C13H24N4O/c1-3-6-14-8-12-5-4-7-17(9-12)10-13-15-11(2)16-18-13/h12,14H,3-10H2,1-2H3. The van der Waals surface area contributed by atoms with Gasteiger partial charge in [-0.15, -0.1) is 0 Å². The lowest BCUT2D eigenvalue weighted by atomic mass is 9.98. The maximum atomic E-state index is 5.18. The topological polar surface area (TPSA) is 54.2 Å². The highest BCUT2D eigenvalue weighted by atomic mass is 16.5. The van der Waals surface area contributed by atoms with Crippen LogP contribution in [0.3, 0.4) is 0 Å². The van der Waals surface area contributed by atoms with Gasteiger partial charge in [0.25, 0.3) is 0 Å². The number of likely N-dealkylation sites (tertiary alicyclic amines) is 1. The highest BCUT2D eigenvalue weighted by Crippen LogP contribution is 2.17. The minimum absolute atomic E-state index is 0.725. The van der Waals surface area contributed by atoms with Gasteiger partial charge in [0.15, 0.2) is 5.82 Å². The summed E-state index contributed by atoms with van der Waals surface area (Å²) in [5.74, 6) is 2.23. The van der Waals surface area contributed by atoms with Gasteiger partial charge in [0.1, 0.15) is 0 Å². The maximum Gasteiger partial charge on any atom is 0.240 e. The lowest BCUT2D eigenvalue weighted by molar-refractivity contribution is 0.148. The molecule has 1 atom stereocenters. The average molecular weight is 252 g/mol. The Balaban J connectivity index is 1.76. The zero-order chi connectivity index (χ0) is 12.8. The van der Waals surface area contributed by atoms with E-state index in [1.165, 1.54) is 19.3 Å². The summed E-state index contributed by atoms with van der Waals surface area (Å²) in [5, 5.41) is 7.35. The van der Waals surface area contributed by atoms with Crippen LogP contribution in [0.25, 0.3) is 0 Å². The van der Waals surface area contributed by atoms with Crippen LogP contribution in [0.1, 0.15) is 37.9 Å². The van der Waals surface area contributed by atoms with E-state index in [1.807, 2.05) is 6.92 Å². The van der Waals surface area contributed by atoms with Crippen LogP contribution < -0.4 is 5.32 Å². The van der Waals surface area contributed by atoms with E-state index in [1.54, 1.807) is 0 Å². The van der Waals surface area contributed by atoms with Crippen LogP contribution in [-0.2, 0) is 6.54 Å². The van der Waals surface area contributed by atoms with Crippen LogP contribution in [0.5, 0.6) is 0 Å². The van der Waals surface area contributed by atoms with Crippen molar-refractivity contribution in [3.05, 3.63) is 11.7 Å². The van der Waals surface area contributed by atoms with Gasteiger partial charge in [0, 0.05) is 6.54 Å². The molecule has 2 heterocycles. The lowest BCUT2D eigenvalue weighted by Crippen LogP contribution is -2.39. The number of nitrogens with one attached hydrogen (secondary N) is 1. The third-order valence-corrected chi connectivity index (χ3v) is 3.39. The Kier molecular flexibility index (Phi) is 5.13. The van der Waals surface area contributed by atoms with Gasteiger partial charge in [0.05, 0.1) is 6.54 Å². The van der Waals surface area contributed by atoms with Crippen molar-refractivity contribution in [1.82, 2.24) is 20.4 Å². The second kappa shape index (κ2) is 6.85. The van der Waals surface area contributed by atoms with Crippen molar-refractivity contribution in [1.29, 1.82) is 0 Å². The lowest BCUT2D eigenvalue weighted by Gasteiger charge is -2.31. The number of aryl methyl sites for hydroxylation is 1. The van der Waals surface area contributed by atoms with Crippen LogP contribution in [0.2, 0.25) is 0 Å². The minimum Gasteiger partial charge on any atom is -0.338 e. The third kappa shape index (κ3) is 4.07. The molecule has 102 valence electrons. The zero-order valence-corrected chi connectivity index (χ0v) is 11.5. The molecule has 0 saturated carbocycles. The van der Waals surface area contributed by atoms with E-state index in [0.717, 1.165) is 50.4 Å². The fraction of sp³-hybridized carbons (Fsp3) is 0.846. The molecular formula is C13H24N4O. The number of nitrogens with zero attached hydrogens (tertiary/aromatic N) is 3. The van der Waals surface area contributed by atoms with Crippen LogP contribution in [0.15, 0.2) is 4.52 Å². The summed E-state index contributed by atoms with van der Waals surface area (Å²) in [5.41, 5.74) is 0. The largest absolute Gasteiger partial charge is 0.338 e. The summed E-state index contributed by atoms with van der Waals surface area (Å²) in [6.07, 6.45) is 3.80. The molecule has 0 aliphatic carbocycles. The van der Waals surface area contributed by atoms with Crippen molar-refractivity contribution in [3.63, 3.8) is 0 Å². The number of rotatable bonds is 6. The summed E-state index contributed by atoms with van der Waals surface area (Å²) in [6.45, 7) is 9.40. The van der Waals surface area contributed by atoms with E-state index in [9.17, 15) is 0 Å². The Morgan fingerprint density at radius 1 is 1.50 bits per heavy atom. The maximum absolute atomic E-state index is 5.18. The molecule has 5 heteroatoms. The van der Waals surface area contributed by atoms with Crippen molar-refractivity contribution >= 4 is 0 Å². The highest BCUT2D eigenvalue weighted by Gasteiger charge is 2.21. The molecule has 5 nitrogen and oxygen atoms in total. The van der Waals surface area contributed by atoms with Crippen LogP contribution >= 0.6 is 0 Å². The number of aromatic nitrogens is 2. The normalized spacial score (nSPS) is 21.3. The molecular weight excluding hydrogens is 228 g/mol. The Bertz CT molecular complexity index is 353. The minimum atomic E-state index is 0.725. The van der Waals surface area contributed by atoms with Crippen molar-refractivity contribution in [2.75, 3.05) is 26.2 Å². The Morgan fingerprint density at radius 3 is 3.11 bits per heavy atom. The summed E-state index contributed by atoms with van der Waals surface area (Å²) < 4.78 is 5.18. The summed E-state index contributed by atoms with van der Waals surface area (Å²) in [7, 11) is 0. The molecule has 2 rings (SSSR count). The van der Waals surface area contributed by atoms with E-state index in [2.05, 4.69) is 27.3 Å². The van der Waals surface area contributed by atoms with Crippen molar-refractivity contribution in [3.8, 4) is 0 Å². The van der Waals surface area contributed by atoms with Crippen LogP contribution in [0, 0.1) is 12.8 Å². The number of hydrogen-bond donors (Lipinski definition) is 1. The second-order valence-electron chi connectivity index (χ2n) is 5.18. The monoisotopic (exact) mass is 252 g/mol. The molecule has 1 aliphatic rings. The fourth-order valence-electron chi connectivity index (χ4n) is 2.54. The molecule has 1 aliphatic heterocycles. The SMILES string of the molecule is CCCNCC1CCCN(Cc2nc(C)no2)C1.